The number of pyridine rings is 1. The van der Waals surface area contributed by atoms with Crippen molar-refractivity contribution in [3.05, 3.63) is 52.3 Å². The number of nitrogen functional groups attached to an aromatic ring is 1. The van der Waals surface area contributed by atoms with Gasteiger partial charge in [0, 0.05) is 5.69 Å². The normalized spacial score (nSPS) is 10.1. The lowest BCUT2D eigenvalue weighted by atomic mass is 10.2. The molecule has 0 fully saturated rings. The van der Waals surface area contributed by atoms with E-state index >= 15 is 0 Å². The molecule has 2 aromatic rings. The van der Waals surface area contributed by atoms with Crippen molar-refractivity contribution >= 4 is 40.5 Å². The zero-order valence-electron chi connectivity index (χ0n) is 9.15. The highest BCUT2D eigenvalue weighted by atomic mass is 35.5. The van der Waals surface area contributed by atoms with Crippen molar-refractivity contribution in [3.8, 4) is 0 Å². The van der Waals surface area contributed by atoms with Crippen LogP contribution in [0.4, 0.5) is 11.4 Å². The molecule has 0 spiro atoms. The molecular formula is C12H9Cl2N3O. The second-order valence-corrected chi connectivity index (χ2v) is 4.36. The van der Waals surface area contributed by atoms with Crippen LogP contribution in [0, 0.1) is 0 Å². The molecule has 0 atom stereocenters. The number of benzene rings is 1. The predicted octanol–water partition coefficient (Wildman–Crippen LogP) is 3.22. The maximum Gasteiger partial charge on any atom is 0.257 e. The third kappa shape index (κ3) is 2.91. The predicted molar refractivity (Wildman–Crippen MR) is 73.1 cm³/mol. The minimum absolute atomic E-state index is 0.300. The Morgan fingerprint density at radius 3 is 2.61 bits per heavy atom. The van der Waals surface area contributed by atoms with E-state index < -0.39 is 0 Å². The number of anilines is 2. The first kappa shape index (κ1) is 12.7. The summed E-state index contributed by atoms with van der Waals surface area (Å²) < 4.78 is 0. The van der Waals surface area contributed by atoms with Gasteiger partial charge in [-0.25, -0.2) is 4.98 Å². The van der Waals surface area contributed by atoms with Crippen LogP contribution in [0.25, 0.3) is 0 Å². The van der Waals surface area contributed by atoms with Crippen molar-refractivity contribution < 1.29 is 4.79 Å². The van der Waals surface area contributed by atoms with Gasteiger partial charge in [-0.15, -0.1) is 0 Å². The summed E-state index contributed by atoms with van der Waals surface area (Å²) in [6.07, 6.45) is 1.46. The highest BCUT2D eigenvalue weighted by Crippen LogP contribution is 2.20. The Bertz CT molecular complexity index is 584. The van der Waals surface area contributed by atoms with Crippen LogP contribution in [-0.2, 0) is 0 Å². The van der Waals surface area contributed by atoms with Crippen LogP contribution in [0.5, 0.6) is 0 Å². The zero-order chi connectivity index (χ0) is 13.1. The first-order valence-corrected chi connectivity index (χ1v) is 5.80. The SMILES string of the molecule is Nc1ccc(C(=O)Nc2ccc(Cl)nc2)c(Cl)c1. The molecule has 1 amide bonds. The van der Waals surface area contributed by atoms with E-state index in [-0.39, 0.29) is 5.91 Å². The number of nitrogens with one attached hydrogen (secondary N) is 1. The number of aromatic nitrogens is 1. The van der Waals surface area contributed by atoms with E-state index in [4.69, 9.17) is 28.9 Å². The van der Waals surface area contributed by atoms with Crippen molar-refractivity contribution in [2.45, 2.75) is 0 Å². The molecule has 0 unspecified atom stereocenters. The van der Waals surface area contributed by atoms with Crippen LogP contribution in [0.2, 0.25) is 10.2 Å². The summed E-state index contributed by atoms with van der Waals surface area (Å²) in [5, 5.41) is 3.32. The van der Waals surface area contributed by atoms with E-state index in [1.54, 1.807) is 24.3 Å². The van der Waals surface area contributed by atoms with Gasteiger partial charge in [0.2, 0.25) is 0 Å². The van der Waals surface area contributed by atoms with Crippen molar-refractivity contribution in [2.75, 3.05) is 11.1 Å². The van der Waals surface area contributed by atoms with E-state index in [1.165, 1.54) is 12.3 Å². The number of hydrogen-bond donors (Lipinski definition) is 2. The van der Waals surface area contributed by atoms with Gasteiger partial charge in [-0.2, -0.15) is 0 Å². The molecule has 0 bridgehead atoms. The quantitative estimate of drug-likeness (QED) is 0.656. The smallest absolute Gasteiger partial charge is 0.257 e. The largest absolute Gasteiger partial charge is 0.399 e. The average Bonchev–Trinajstić information content (AvgIpc) is 2.32. The Balaban J connectivity index is 2.19. The van der Waals surface area contributed by atoms with Gasteiger partial charge in [0.15, 0.2) is 0 Å². The molecule has 1 heterocycles. The summed E-state index contributed by atoms with van der Waals surface area (Å²) >= 11 is 11.6. The lowest BCUT2D eigenvalue weighted by Gasteiger charge is -2.07. The van der Waals surface area contributed by atoms with E-state index in [0.29, 0.717) is 27.1 Å². The Labute approximate surface area is 114 Å². The van der Waals surface area contributed by atoms with Crippen LogP contribution in [0.3, 0.4) is 0 Å². The molecule has 92 valence electrons. The first-order chi connectivity index (χ1) is 8.56. The number of nitrogens with zero attached hydrogens (tertiary/aromatic N) is 1. The summed E-state index contributed by atoms with van der Waals surface area (Å²) in [5.74, 6) is -0.330. The Hall–Kier alpha value is -1.78. The van der Waals surface area contributed by atoms with Crippen molar-refractivity contribution in [3.63, 3.8) is 0 Å². The van der Waals surface area contributed by atoms with Crippen molar-refractivity contribution in [2.24, 2.45) is 0 Å². The molecule has 6 heteroatoms. The van der Waals surface area contributed by atoms with Crippen molar-refractivity contribution in [1.82, 2.24) is 4.98 Å². The maximum absolute atomic E-state index is 11.9. The van der Waals surface area contributed by atoms with Gasteiger partial charge >= 0.3 is 0 Å². The van der Waals surface area contributed by atoms with Gasteiger partial charge < -0.3 is 11.1 Å². The molecule has 0 aliphatic heterocycles. The number of nitrogens with two attached hydrogens (primary N) is 1. The molecule has 1 aromatic heterocycles. The highest BCUT2D eigenvalue weighted by molar-refractivity contribution is 6.34. The summed E-state index contributed by atoms with van der Waals surface area (Å²) in [7, 11) is 0. The van der Waals surface area contributed by atoms with Crippen LogP contribution in [0.1, 0.15) is 10.4 Å². The zero-order valence-corrected chi connectivity index (χ0v) is 10.7. The number of halogens is 2. The molecule has 0 radical (unpaired) electrons. The highest BCUT2D eigenvalue weighted by Gasteiger charge is 2.10. The lowest BCUT2D eigenvalue weighted by Crippen LogP contribution is -2.12. The molecule has 4 nitrogen and oxygen atoms in total. The molecule has 3 N–H and O–H groups in total. The minimum atomic E-state index is -0.330. The van der Waals surface area contributed by atoms with Gasteiger partial charge in [0.1, 0.15) is 5.15 Å². The minimum Gasteiger partial charge on any atom is -0.399 e. The molecular weight excluding hydrogens is 273 g/mol. The van der Waals surface area contributed by atoms with Crippen LogP contribution in [0.15, 0.2) is 36.5 Å². The number of rotatable bonds is 2. The van der Waals surface area contributed by atoms with E-state index in [0.717, 1.165) is 0 Å². The van der Waals surface area contributed by atoms with Crippen LogP contribution in [-0.4, -0.2) is 10.9 Å². The number of hydrogen-bond acceptors (Lipinski definition) is 3. The van der Waals surface area contributed by atoms with E-state index in [2.05, 4.69) is 10.3 Å². The molecule has 0 aliphatic carbocycles. The molecule has 18 heavy (non-hydrogen) atoms. The van der Waals surface area contributed by atoms with E-state index in [1.807, 2.05) is 0 Å². The van der Waals surface area contributed by atoms with Gasteiger partial charge in [-0.05, 0) is 30.3 Å². The van der Waals surface area contributed by atoms with Gasteiger partial charge in [-0.1, -0.05) is 23.2 Å². The second kappa shape index (κ2) is 5.25. The Kier molecular flexibility index (Phi) is 3.69. The Morgan fingerprint density at radius 1 is 1.22 bits per heavy atom. The molecule has 0 aliphatic rings. The number of amides is 1. The van der Waals surface area contributed by atoms with Gasteiger partial charge in [0.25, 0.3) is 5.91 Å². The Morgan fingerprint density at radius 2 is 2.00 bits per heavy atom. The summed E-state index contributed by atoms with van der Waals surface area (Å²) in [6, 6.07) is 7.94. The molecule has 0 saturated carbocycles. The summed E-state index contributed by atoms with van der Waals surface area (Å²) in [4.78, 5) is 15.8. The van der Waals surface area contributed by atoms with Gasteiger partial charge in [-0.3, -0.25) is 4.79 Å². The third-order valence-electron chi connectivity index (χ3n) is 2.22. The fourth-order valence-electron chi connectivity index (χ4n) is 1.36. The van der Waals surface area contributed by atoms with Gasteiger partial charge in [0.05, 0.1) is 22.5 Å². The average molecular weight is 282 g/mol. The standard InChI is InChI=1S/C12H9Cl2N3O/c13-10-5-7(15)1-3-9(10)12(18)17-8-2-4-11(14)16-6-8/h1-6H,15H2,(H,17,18). The molecule has 2 rings (SSSR count). The topological polar surface area (TPSA) is 68.0 Å². The third-order valence-corrected chi connectivity index (χ3v) is 2.76. The molecule has 1 aromatic carbocycles. The summed E-state index contributed by atoms with van der Waals surface area (Å²) in [5.41, 5.74) is 6.95. The van der Waals surface area contributed by atoms with Crippen LogP contribution >= 0.6 is 23.2 Å². The first-order valence-electron chi connectivity index (χ1n) is 5.04. The second-order valence-electron chi connectivity index (χ2n) is 3.56. The monoisotopic (exact) mass is 281 g/mol. The maximum atomic E-state index is 11.9. The lowest BCUT2D eigenvalue weighted by molar-refractivity contribution is 0.102. The molecule has 0 saturated heterocycles. The van der Waals surface area contributed by atoms with Crippen LogP contribution < -0.4 is 11.1 Å². The van der Waals surface area contributed by atoms with E-state index in [9.17, 15) is 4.79 Å². The van der Waals surface area contributed by atoms with Crippen molar-refractivity contribution in [1.29, 1.82) is 0 Å². The fraction of sp³-hybridized carbons (Fsp3) is 0. The summed E-state index contributed by atoms with van der Waals surface area (Å²) in [6.45, 7) is 0. The fourth-order valence-corrected chi connectivity index (χ4v) is 1.75. The number of carbonyl (C=O) groups is 1. The number of carbonyl (C=O) groups excluding carboxylic acids is 1.